The van der Waals surface area contributed by atoms with Crippen LogP contribution in [0.3, 0.4) is 0 Å². The number of H-pyrrole nitrogens is 1. The molecular formula is C39H59N3O6S. The standard InChI is InChI=1S/C39H59N3O6S/c1-9-38(18-13-20-41-21-17-29-28-14-11-12-15-31(28)40-33(29)34(38)41)23-30(35(43)47-10-2)36(44)48-32-22-27-16-19-39(32,37(27,7)8)24-49(45,46)42(25(3)4)26(5)6/h11-12,14-15,25-27,30,32,34,40H,9-10,13,16-24H2,1-8H3/t27-,30?,32-,34-,38+,39-/m1/s1. The Labute approximate surface area is 293 Å². The van der Waals surface area contributed by atoms with Gasteiger partial charge in [-0.25, -0.2) is 8.42 Å². The van der Waals surface area contributed by atoms with E-state index in [-0.39, 0.29) is 47.2 Å². The number of benzene rings is 1. The van der Waals surface area contributed by atoms with Crippen LogP contribution in [0.1, 0.15) is 118 Å². The molecule has 272 valence electrons. The number of aromatic amines is 1. The Bertz CT molecular complexity index is 1660. The van der Waals surface area contributed by atoms with Crippen molar-refractivity contribution in [1.82, 2.24) is 14.2 Å². The van der Waals surface area contributed by atoms with E-state index >= 15 is 0 Å². The number of hydrogen-bond donors (Lipinski definition) is 1. The molecule has 4 aliphatic rings. The summed E-state index contributed by atoms with van der Waals surface area (Å²) in [5.74, 6) is -2.02. The average molecular weight is 698 g/mol. The summed E-state index contributed by atoms with van der Waals surface area (Å²) in [4.78, 5) is 34.7. The van der Waals surface area contributed by atoms with Gasteiger partial charge in [-0.05, 0) is 121 Å². The molecular weight excluding hydrogens is 639 g/mol. The lowest BCUT2D eigenvalue weighted by Gasteiger charge is -2.52. The Morgan fingerprint density at radius 1 is 1.04 bits per heavy atom. The first-order valence-corrected chi connectivity index (χ1v) is 20.4. The lowest BCUT2D eigenvalue weighted by atomic mass is 9.64. The van der Waals surface area contributed by atoms with E-state index in [0.717, 1.165) is 50.7 Å². The number of hydrogen-bond acceptors (Lipinski definition) is 7. The first kappa shape index (κ1) is 36.4. The molecule has 2 aliphatic carbocycles. The zero-order valence-electron chi connectivity index (χ0n) is 31.0. The second kappa shape index (κ2) is 13.3. The van der Waals surface area contributed by atoms with Gasteiger partial charge in [0.2, 0.25) is 10.0 Å². The number of carbonyl (C=O) groups excluding carboxylic acids is 2. The van der Waals surface area contributed by atoms with Crippen LogP contribution >= 0.6 is 0 Å². The van der Waals surface area contributed by atoms with Crippen molar-refractivity contribution in [3.63, 3.8) is 0 Å². The minimum Gasteiger partial charge on any atom is -0.465 e. The van der Waals surface area contributed by atoms with Crippen molar-refractivity contribution in [2.45, 2.75) is 131 Å². The summed E-state index contributed by atoms with van der Waals surface area (Å²) in [6.07, 6.45) is 5.59. The molecule has 0 amide bonds. The van der Waals surface area contributed by atoms with Crippen molar-refractivity contribution in [3.8, 4) is 0 Å². The van der Waals surface area contributed by atoms with Gasteiger partial charge < -0.3 is 14.5 Å². The zero-order valence-corrected chi connectivity index (χ0v) is 31.8. The van der Waals surface area contributed by atoms with Crippen LogP contribution in [0.15, 0.2) is 24.3 Å². The number of piperidine rings is 1. The molecule has 3 heterocycles. The second-order valence-electron chi connectivity index (χ2n) is 16.6. The van der Waals surface area contributed by atoms with Gasteiger partial charge in [0.05, 0.1) is 18.4 Å². The lowest BCUT2D eigenvalue weighted by Crippen LogP contribution is -2.53. The molecule has 1 N–H and O–H groups in total. The highest BCUT2D eigenvalue weighted by Gasteiger charge is 2.67. The van der Waals surface area contributed by atoms with Gasteiger partial charge in [-0.3, -0.25) is 14.5 Å². The van der Waals surface area contributed by atoms with E-state index in [0.29, 0.717) is 19.3 Å². The van der Waals surface area contributed by atoms with Gasteiger partial charge in [0.1, 0.15) is 6.10 Å². The predicted molar refractivity (Wildman–Crippen MR) is 192 cm³/mol. The Kier molecular flexibility index (Phi) is 9.85. The summed E-state index contributed by atoms with van der Waals surface area (Å²) >= 11 is 0. The summed E-state index contributed by atoms with van der Waals surface area (Å²) < 4.78 is 42.0. The normalized spacial score (nSPS) is 30.1. The average Bonchev–Trinajstić information content (AvgIpc) is 3.59. The number of para-hydroxylation sites is 1. The van der Waals surface area contributed by atoms with E-state index < -0.39 is 39.4 Å². The zero-order chi connectivity index (χ0) is 35.5. The van der Waals surface area contributed by atoms with Crippen LogP contribution in [0.4, 0.5) is 0 Å². The Hall–Kier alpha value is -2.43. The van der Waals surface area contributed by atoms with Gasteiger partial charge >= 0.3 is 11.9 Å². The number of nitrogens with one attached hydrogen (secondary N) is 1. The topological polar surface area (TPSA) is 109 Å². The number of ether oxygens (including phenoxy) is 2. The fourth-order valence-electron chi connectivity index (χ4n) is 11.0. The molecule has 10 heteroatoms. The van der Waals surface area contributed by atoms with Gasteiger partial charge in [-0.2, -0.15) is 4.31 Å². The molecule has 6 rings (SSSR count). The van der Waals surface area contributed by atoms with E-state index in [2.05, 4.69) is 54.9 Å². The monoisotopic (exact) mass is 697 g/mol. The summed E-state index contributed by atoms with van der Waals surface area (Å²) in [5, 5.41) is 1.25. The molecule has 2 aliphatic heterocycles. The highest BCUT2D eigenvalue weighted by molar-refractivity contribution is 7.89. The molecule has 1 aromatic heterocycles. The van der Waals surface area contributed by atoms with Crippen molar-refractivity contribution < 1.29 is 27.5 Å². The number of esters is 2. The number of carbonyl (C=O) groups is 2. The van der Waals surface area contributed by atoms with Crippen molar-refractivity contribution in [2.75, 3.05) is 25.4 Å². The minimum absolute atomic E-state index is 0.0445. The molecule has 6 atom stereocenters. The molecule has 1 aromatic carbocycles. The number of aromatic nitrogens is 1. The third-order valence-corrected chi connectivity index (χ3v) is 15.8. The van der Waals surface area contributed by atoms with Crippen LogP contribution < -0.4 is 0 Å². The highest BCUT2D eigenvalue weighted by Crippen LogP contribution is 2.67. The van der Waals surface area contributed by atoms with Crippen LogP contribution in [-0.4, -0.2) is 78.2 Å². The fourth-order valence-corrected chi connectivity index (χ4v) is 13.8. The van der Waals surface area contributed by atoms with Crippen molar-refractivity contribution >= 4 is 32.9 Å². The Morgan fingerprint density at radius 2 is 1.76 bits per heavy atom. The molecule has 49 heavy (non-hydrogen) atoms. The van der Waals surface area contributed by atoms with Crippen molar-refractivity contribution in [2.24, 2.45) is 28.1 Å². The maximum atomic E-state index is 14.5. The van der Waals surface area contributed by atoms with Crippen LogP contribution in [-0.2, 0) is 35.5 Å². The molecule has 0 spiro atoms. The molecule has 9 nitrogen and oxygen atoms in total. The third-order valence-electron chi connectivity index (χ3n) is 13.4. The fraction of sp³-hybridized carbons (Fsp3) is 0.744. The highest BCUT2D eigenvalue weighted by atomic mass is 32.2. The van der Waals surface area contributed by atoms with Crippen LogP contribution in [0.25, 0.3) is 10.9 Å². The molecule has 2 bridgehead atoms. The van der Waals surface area contributed by atoms with E-state index in [9.17, 15) is 18.0 Å². The van der Waals surface area contributed by atoms with Crippen molar-refractivity contribution in [3.05, 3.63) is 35.5 Å². The molecule has 3 fully saturated rings. The van der Waals surface area contributed by atoms with Crippen LogP contribution in [0.2, 0.25) is 0 Å². The maximum Gasteiger partial charge on any atom is 0.320 e. The number of rotatable bonds is 12. The molecule has 2 aromatic rings. The summed E-state index contributed by atoms with van der Waals surface area (Å²) in [6, 6.07) is 8.13. The molecule has 1 saturated heterocycles. The summed E-state index contributed by atoms with van der Waals surface area (Å²) in [6.45, 7) is 18.0. The largest absolute Gasteiger partial charge is 0.465 e. The van der Waals surface area contributed by atoms with Crippen molar-refractivity contribution in [1.29, 1.82) is 0 Å². The first-order chi connectivity index (χ1) is 23.1. The summed E-state index contributed by atoms with van der Waals surface area (Å²) in [7, 11) is -3.68. The van der Waals surface area contributed by atoms with Gasteiger partial charge in [-0.15, -0.1) is 0 Å². The molecule has 2 saturated carbocycles. The van der Waals surface area contributed by atoms with Gasteiger partial charge in [0.15, 0.2) is 5.92 Å². The minimum atomic E-state index is -3.68. The SMILES string of the molecule is CCOC(=O)C(C[C@]1(CC)CCCN2CCc3c([nH]c4ccccc34)[C@@H]21)C(=O)O[C@@H]1C[C@H]2CC[C@]1(CS(=O)(=O)N(C(C)C)C(C)C)C2(C)C. The smallest absolute Gasteiger partial charge is 0.320 e. The van der Waals surface area contributed by atoms with E-state index in [1.807, 2.05) is 27.7 Å². The molecule has 0 radical (unpaired) electrons. The van der Waals surface area contributed by atoms with Gasteiger partial charge in [-0.1, -0.05) is 39.0 Å². The summed E-state index contributed by atoms with van der Waals surface area (Å²) in [5.41, 5.74) is 2.25. The number of sulfonamides is 1. The van der Waals surface area contributed by atoms with Gasteiger partial charge in [0, 0.05) is 40.6 Å². The molecule has 1 unspecified atom stereocenters. The van der Waals surface area contributed by atoms with Crippen LogP contribution in [0.5, 0.6) is 0 Å². The van der Waals surface area contributed by atoms with E-state index in [4.69, 9.17) is 9.47 Å². The van der Waals surface area contributed by atoms with E-state index in [1.165, 1.54) is 16.6 Å². The maximum absolute atomic E-state index is 14.5. The third kappa shape index (κ3) is 5.95. The Balaban J connectivity index is 1.33. The Morgan fingerprint density at radius 3 is 2.41 bits per heavy atom. The predicted octanol–water partition coefficient (Wildman–Crippen LogP) is 7.01. The van der Waals surface area contributed by atoms with Gasteiger partial charge in [0.25, 0.3) is 0 Å². The van der Waals surface area contributed by atoms with Crippen LogP contribution in [0, 0.1) is 28.1 Å². The second-order valence-corrected chi connectivity index (χ2v) is 18.5. The van der Waals surface area contributed by atoms with E-state index in [1.54, 1.807) is 11.2 Å². The first-order valence-electron chi connectivity index (χ1n) is 18.8. The quantitative estimate of drug-likeness (QED) is 0.188. The lowest BCUT2D eigenvalue weighted by molar-refractivity contribution is -0.173. The number of fused-ring (bicyclic) bond motifs is 7. The number of nitrogens with zero attached hydrogens (tertiary/aromatic N) is 2.